The number of nitrogens with one attached hydrogen (secondary N) is 1. The molecular formula is C23H27N9O2. The Labute approximate surface area is 196 Å². The highest BCUT2D eigenvalue weighted by Crippen LogP contribution is 2.47. The summed E-state index contributed by atoms with van der Waals surface area (Å²) >= 11 is 0. The summed E-state index contributed by atoms with van der Waals surface area (Å²) < 4.78 is 3.34. The van der Waals surface area contributed by atoms with Crippen LogP contribution in [0.3, 0.4) is 0 Å². The van der Waals surface area contributed by atoms with E-state index in [-0.39, 0.29) is 23.4 Å². The summed E-state index contributed by atoms with van der Waals surface area (Å²) in [6.07, 6.45) is 7.19. The van der Waals surface area contributed by atoms with Crippen molar-refractivity contribution in [1.29, 1.82) is 5.26 Å². The van der Waals surface area contributed by atoms with Crippen molar-refractivity contribution in [2.24, 2.45) is 24.1 Å². The van der Waals surface area contributed by atoms with E-state index in [0.29, 0.717) is 43.0 Å². The van der Waals surface area contributed by atoms with Gasteiger partial charge in [-0.15, -0.1) is 0 Å². The number of amides is 2. The van der Waals surface area contributed by atoms with E-state index < -0.39 is 11.3 Å². The summed E-state index contributed by atoms with van der Waals surface area (Å²) in [5.41, 5.74) is 8.42. The first-order valence-corrected chi connectivity index (χ1v) is 11.4. The van der Waals surface area contributed by atoms with Gasteiger partial charge in [-0.3, -0.25) is 14.3 Å². The molecule has 0 spiro atoms. The van der Waals surface area contributed by atoms with Crippen LogP contribution in [0.1, 0.15) is 42.2 Å². The Morgan fingerprint density at radius 2 is 2.09 bits per heavy atom. The lowest BCUT2D eigenvalue weighted by molar-refractivity contribution is -0.134. The SMILES string of the molecule is CC[C@@H]1CN(C(=O)C2(C#N)CC2)C[C@@H]1Nc1c(C(N)=O)cnn2cc(-c3cn(C)nc3C)nc12. The minimum absolute atomic E-state index is 0.0945. The number of carbonyl (C=O) groups excluding carboxylic acids is 2. The smallest absolute Gasteiger partial charge is 0.252 e. The maximum Gasteiger partial charge on any atom is 0.252 e. The van der Waals surface area contributed by atoms with Crippen LogP contribution < -0.4 is 11.1 Å². The number of aryl methyl sites for hydroxylation is 2. The average Bonchev–Trinajstić information content (AvgIpc) is 3.13. The molecule has 2 atom stereocenters. The number of primary amides is 1. The maximum absolute atomic E-state index is 13.0. The monoisotopic (exact) mass is 461 g/mol. The van der Waals surface area contributed by atoms with E-state index in [9.17, 15) is 14.9 Å². The van der Waals surface area contributed by atoms with Crippen LogP contribution in [0.15, 0.2) is 18.6 Å². The van der Waals surface area contributed by atoms with Gasteiger partial charge in [-0.25, -0.2) is 9.50 Å². The molecule has 3 aromatic rings. The lowest BCUT2D eigenvalue weighted by Gasteiger charge is -2.21. The third kappa shape index (κ3) is 3.46. The van der Waals surface area contributed by atoms with E-state index in [4.69, 9.17) is 10.7 Å². The van der Waals surface area contributed by atoms with Crippen LogP contribution in [0, 0.1) is 29.6 Å². The predicted octanol–water partition coefficient (Wildman–Crippen LogP) is 1.49. The zero-order valence-corrected chi connectivity index (χ0v) is 19.4. The van der Waals surface area contributed by atoms with E-state index in [1.165, 1.54) is 6.20 Å². The Morgan fingerprint density at radius 3 is 2.68 bits per heavy atom. The first-order chi connectivity index (χ1) is 16.3. The van der Waals surface area contributed by atoms with Crippen molar-refractivity contribution in [1.82, 2.24) is 29.3 Å². The minimum Gasteiger partial charge on any atom is -0.376 e. The molecule has 2 fully saturated rings. The topological polar surface area (TPSA) is 147 Å². The standard InChI is InChI=1S/C23H27N9O2/c1-4-14-8-31(22(34)23(12-24)5-6-23)10-17(14)27-19-15(20(25)33)7-26-32-11-18(28-21(19)32)16-9-30(3)29-13(16)2/h7,9,11,14,17,27H,4-6,8,10H2,1-3H3,(H2,25,33)/t14-,17+/m1/s1. The van der Waals surface area contributed by atoms with Gasteiger partial charge in [-0.2, -0.15) is 15.5 Å². The number of nitrogens with zero attached hydrogens (tertiary/aromatic N) is 7. The van der Waals surface area contributed by atoms with Crippen molar-refractivity contribution in [3.8, 4) is 17.3 Å². The van der Waals surface area contributed by atoms with E-state index in [1.807, 2.05) is 20.2 Å². The highest BCUT2D eigenvalue weighted by molar-refractivity contribution is 6.01. The number of hydrogen-bond acceptors (Lipinski definition) is 7. The Hall–Kier alpha value is -3.94. The number of aromatic nitrogens is 5. The molecule has 5 rings (SSSR count). The summed E-state index contributed by atoms with van der Waals surface area (Å²) in [6.45, 7) is 4.99. The summed E-state index contributed by atoms with van der Waals surface area (Å²) in [6, 6.07) is 2.08. The molecule has 1 saturated carbocycles. The van der Waals surface area contributed by atoms with Crippen molar-refractivity contribution < 1.29 is 9.59 Å². The van der Waals surface area contributed by atoms with E-state index >= 15 is 0 Å². The van der Waals surface area contributed by atoms with E-state index in [0.717, 1.165) is 17.7 Å². The van der Waals surface area contributed by atoms with Crippen LogP contribution in [0.5, 0.6) is 0 Å². The van der Waals surface area contributed by atoms with Crippen molar-refractivity contribution in [2.75, 3.05) is 18.4 Å². The normalized spacial score (nSPS) is 20.9. The summed E-state index contributed by atoms with van der Waals surface area (Å²) in [5.74, 6) is -0.551. The third-order valence-electron chi connectivity index (χ3n) is 7.00. The number of nitrogens with two attached hydrogens (primary N) is 1. The lowest BCUT2D eigenvalue weighted by Crippen LogP contribution is -2.36. The number of likely N-dealkylation sites (tertiary alicyclic amines) is 1. The van der Waals surface area contributed by atoms with Crippen LogP contribution in [-0.2, 0) is 11.8 Å². The molecule has 3 N–H and O–H groups in total. The molecule has 11 heteroatoms. The highest BCUT2D eigenvalue weighted by atomic mass is 16.2. The molecule has 2 aliphatic rings. The number of nitriles is 1. The fourth-order valence-corrected chi connectivity index (χ4v) is 4.85. The molecule has 0 radical (unpaired) electrons. The molecule has 0 aromatic carbocycles. The van der Waals surface area contributed by atoms with Gasteiger partial charge in [-0.1, -0.05) is 6.92 Å². The first kappa shape index (κ1) is 21.9. The Bertz CT molecular complexity index is 1340. The number of imidazole rings is 1. The number of anilines is 1. The van der Waals surface area contributed by atoms with Crippen LogP contribution in [0.4, 0.5) is 5.69 Å². The van der Waals surface area contributed by atoms with Gasteiger partial charge in [0.05, 0.1) is 41.1 Å². The van der Waals surface area contributed by atoms with Gasteiger partial charge in [-0.05, 0) is 32.1 Å². The molecule has 1 saturated heterocycles. The van der Waals surface area contributed by atoms with E-state index in [2.05, 4.69) is 28.5 Å². The number of hydrogen-bond donors (Lipinski definition) is 2. The number of carbonyl (C=O) groups is 2. The van der Waals surface area contributed by atoms with Crippen molar-refractivity contribution in [2.45, 2.75) is 39.2 Å². The fourth-order valence-electron chi connectivity index (χ4n) is 4.85. The zero-order chi connectivity index (χ0) is 24.2. The van der Waals surface area contributed by atoms with Crippen molar-refractivity contribution >= 4 is 23.1 Å². The molecular weight excluding hydrogens is 434 g/mol. The van der Waals surface area contributed by atoms with Crippen LogP contribution in [0.2, 0.25) is 0 Å². The van der Waals surface area contributed by atoms with Gasteiger partial charge in [0.1, 0.15) is 5.41 Å². The summed E-state index contributed by atoms with van der Waals surface area (Å²) in [5, 5.41) is 21.7. The second-order valence-electron chi connectivity index (χ2n) is 9.32. The van der Waals surface area contributed by atoms with Gasteiger partial charge in [0, 0.05) is 37.9 Å². The Morgan fingerprint density at radius 1 is 1.32 bits per heavy atom. The molecule has 4 heterocycles. The average molecular weight is 462 g/mol. The second kappa shape index (κ2) is 7.83. The lowest BCUT2D eigenvalue weighted by atomic mass is 10.0. The molecule has 176 valence electrons. The molecule has 0 unspecified atom stereocenters. The van der Waals surface area contributed by atoms with Gasteiger partial charge in [0.2, 0.25) is 5.91 Å². The fraction of sp³-hybridized carbons (Fsp3) is 0.478. The van der Waals surface area contributed by atoms with Gasteiger partial charge in [0.15, 0.2) is 5.65 Å². The Balaban J connectivity index is 1.51. The third-order valence-corrected chi connectivity index (χ3v) is 7.00. The Kier molecular flexibility index (Phi) is 5.04. The van der Waals surface area contributed by atoms with Crippen LogP contribution in [0.25, 0.3) is 16.9 Å². The summed E-state index contributed by atoms with van der Waals surface area (Å²) in [7, 11) is 1.85. The maximum atomic E-state index is 13.0. The second-order valence-corrected chi connectivity index (χ2v) is 9.32. The molecule has 1 aliphatic heterocycles. The number of rotatable bonds is 6. The molecule has 0 bridgehead atoms. The molecule has 34 heavy (non-hydrogen) atoms. The summed E-state index contributed by atoms with van der Waals surface area (Å²) in [4.78, 5) is 31.8. The number of fused-ring (bicyclic) bond motifs is 1. The van der Waals surface area contributed by atoms with Gasteiger partial charge < -0.3 is 16.0 Å². The quantitative estimate of drug-likeness (QED) is 0.565. The van der Waals surface area contributed by atoms with Crippen LogP contribution in [-0.4, -0.2) is 60.2 Å². The van der Waals surface area contributed by atoms with Crippen molar-refractivity contribution in [3.63, 3.8) is 0 Å². The van der Waals surface area contributed by atoms with Crippen LogP contribution >= 0.6 is 0 Å². The molecule has 11 nitrogen and oxygen atoms in total. The van der Waals surface area contributed by atoms with Crippen molar-refractivity contribution in [3.05, 3.63) is 29.8 Å². The first-order valence-electron chi connectivity index (χ1n) is 11.4. The van der Waals surface area contributed by atoms with E-state index in [1.54, 1.807) is 20.3 Å². The molecule has 2 amide bonds. The van der Waals surface area contributed by atoms with Gasteiger partial charge >= 0.3 is 0 Å². The molecule has 3 aromatic heterocycles. The largest absolute Gasteiger partial charge is 0.376 e. The van der Waals surface area contributed by atoms with Gasteiger partial charge in [0.25, 0.3) is 5.91 Å². The zero-order valence-electron chi connectivity index (χ0n) is 19.4. The highest BCUT2D eigenvalue weighted by Gasteiger charge is 2.54. The predicted molar refractivity (Wildman–Crippen MR) is 123 cm³/mol. The minimum atomic E-state index is -0.852. The molecule has 1 aliphatic carbocycles.